The van der Waals surface area contributed by atoms with Crippen LogP contribution in [0.25, 0.3) is 5.57 Å². The van der Waals surface area contributed by atoms with Crippen molar-refractivity contribution in [3.05, 3.63) is 64.0 Å². The van der Waals surface area contributed by atoms with E-state index < -0.39 is 0 Å². The second-order valence-electron chi connectivity index (χ2n) is 7.10. The van der Waals surface area contributed by atoms with Gasteiger partial charge < -0.3 is 4.74 Å². The van der Waals surface area contributed by atoms with E-state index >= 15 is 0 Å². The van der Waals surface area contributed by atoms with Crippen LogP contribution in [0.5, 0.6) is 5.75 Å². The Kier molecular flexibility index (Phi) is 8.00. The van der Waals surface area contributed by atoms with Gasteiger partial charge >= 0.3 is 0 Å². The molecule has 2 amide bonds. The molecule has 2 aromatic carbocycles. The molecule has 3 rings (SSSR count). The number of imide groups is 1. The van der Waals surface area contributed by atoms with Gasteiger partial charge in [0, 0.05) is 16.5 Å². The van der Waals surface area contributed by atoms with Gasteiger partial charge in [-0.1, -0.05) is 62.2 Å². The standard InChI is InChI=1S/C24H26ClNO3S/c1-3-5-6-15-26-23(27)21(17-7-11-19(12-8-17)29-16-4-2)22(24(26)28)30-20-13-9-18(25)10-14-20/h7-14H,3-6,15-16H2,1-2H3. The number of ether oxygens (including phenoxy) is 1. The molecule has 0 N–H and O–H groups in total. The summed E-state index contributed by atoms with van der Waals surface area (Å²) in [4.78, 5) is 29.1. The van der Waals surface area contributed by atoms with Crippen molar-refractivity contribution < 1.29 is 14.3 Å². The van der Waals surface area contributed by atoms with Gasteiger partial charge in [-0.2, -0.15) is 0 Å². The van der Waals surface area contributed by atoms with E-state index in [0.717, 1.165) is 41.9 Å². The Hall–Kier alpha value is -2.24. The Morgan fingerprint density at radius 3 is 2.23 bits per heavy atom. The summed E-state index contributed by atoms with van der Waals surface area (Å²) in [6.45, 7) is 5.23. The summed E-state index contributed by atoms with van der Waals surface area (Å²) in [7, 11) is 0. The molecule has 30 heavy (non-hydrogen) atoms. The minimum absolute atomic E-state index is 0.225. The lowest BCUT2D eigenvalue weighted by atomic mass is 10.1. The lowest BCUT2D eigenvalue weighted by Gasteiger charge is -2.14. The van der Waals surface area contributed by atoms with Crippen molar-refractivity contribution in [2.45, 2.75) is 44.4 Å². The van der Waals surface area contributed by atoms with Crippen molar-refractivity contribution >= 4 is 40.8 Å². The molecule has 0 radical (unpaired) electrons. The van der Waals surface area contributed by atoms with E-state index in [-0.39, 0.29) is 11.8 Å². The highest BCUT2D eigenvalue weighted by Gasteiger charge is 2.39. The molecule has 1 aliphatic heterocycles. The molecule has 2 aromatic rings. The van der Waals surface area contributed by atoms with E-state index in [2.05, 4.69) is 13.8 Å². The van der Waals surface area contributed by atoms with Crippen LogP contribution in [0.3, 0.4) is 0 Å². The number of rotatable bonds is 10. The fourth-order valence-electron chi connectivity index (χ4n) is 3.18. The Bertz CT molecular complexity index is 922. The number of carbonyl (C=O) groups is 2. The number of amides is 2. The molecular weight excluding hydrogens is 418 g/mol. The van der Waals surface area contributed by atoms with E-state index in [1.807, 2.05) is 36.4 Å². The molecule has 0 aromatic heterocycles. The molecule has 0 bridgehead atoms. The monoisotopic (exact) mass is 443 g/mol. The molecule has 0 fully saturated rings. The van der Waals surface area contributed by atoms with Gasteiger partial charge in [-0.05, 0) is 54.8 Å². The average molecular weight is 444 g/mol. The summed E-state index contributed by atoms with van der Waals surface area (Å²) >= 11 is 7.30. The van der Waals surface area contributed by atoms with E-state index in [1.165, 1.54) is 16.7 Å². The van der Waals surface area contributed by atoms with Gasteiger partial charge in [-0.15, -0.1) is 0 Å². The zero-order chi connectivity index (χ0) is 21.5. The number of halogens is 1. The smallest absolute Gasteiger partial charge is 0.268 e. The van der Waals surface area contributed by atoms with Crippen LogP contribution in [-0.2, 0) is 9.59 Å². The molecule has 0 saturated heterocycles. The van der Waals surface area contributed by atoms with Crippen LogP contribution in [0.15, 0.2) is 58.3 Å². The first kappa shape index (κ1) is 22.4. The molecule has 1 heterocycles. The summed E-state index contributed by atoms with van der Waals surface area (Å²) in [5.41, 5.74) is 1.19. The van der Waals surface area contributed by atoms with E-state index in [0.29, 0.717) is 28.7 Å². The van der Waals surface area contributed by atoms with Gasteiger partial charge in [0.1, 0.15) is 5.75 Å². The quantitative estimate of drug-likeness (QED) is 0.324. The maximum Gasteiger partial charge on any atom is 0.268 e. The fraction of sp³-hybridized carbons (Fsp3) is 0.333. The van der Waals surface area contributed by atoms with Crippen LogP contribution < -0.4 is 4.74 Å². The van der Waals surface area contributed by atoms with E-state index in [9.17, 15) is 9.59 Å². The third kappa shape index (κ3) is 5.27. The van der Waals surface area contributed by atoms with Crippen LogP contribution in [0.2, 0.25) is 5.02 Å². The van der Waals surface area contributed by atoms with Crippen molar-refractivity contribution in [1.82, 2.24) is 4.90 Å². The predicted molar refractivity (Wildman–Crippen MR) is 123 cm³/mol. The number of benzene rings is 2. The molecule has 0 atom stereocenters. The molecule has 6 heteroatoms. The molecule has 0 saturated carbocycles. The summed E-state index contributed by atoms with van der Waals surface area (Å²) in [5.74, 6) is 0.303. The van der Waals surface area contributed by atoms with Crippen molar-refractivity contribution in [3.8, 4) is 5.75 Å². The average Bonchev–Trinajstić information content (AvgIpc) is 2.98. The van der Waals surface area contributed by atoms with Gasteiger partial charge in [0.25, 0.3) is 11.8 Å². The van der Waals surface area contributed by atoms with Crippen LogP contribution in [-0.4, -0.2) is 29.9 Å². The van der Waals surface area contributed by atoms with Crippen molar-refractivity contribution in [2.24, 2.45) is 0 Å². The van der Waals surface area contributed by atoms with Crippen LogP contribution in [0.4, 0.5) is 0 Å². The highest BCUT2D eigenvalue weighted by atomic mass is 35.5. The molecule has 4 nitrogen and oxygen atoms in total. The largest absolute Gasteiger partial charge is 0.494 e. The van der Waals surface area contributed by atoms with Crippen LogP contribution >= 0.6 is 23.4 Å². The molecule has 0 unspecified atom stereocenters. The van der Waals surface area contributed by atoms with Gasteiger partial charge in [0.05, 0.1) is 17.1 Å². The first-order valence-electron chi connectivity index (χ1n) is 10.3. The number of unbranched alkanes of at least 4 members (excludes halogenated alkanes) is 2. The Morgan fingerprint density at radius 1 is 0.900 bits per heavy atom. The third-order valence-corrected chi connectivity index (χ3v) is 6.10. The highest BCUT2D eigenvalue weighted by molar-refractivity contribution is 8.04. The Morgan fingerprint density at radius 2 is 1.60 bits per heavy atom. The Labute approximate surface area is 187 Å². The molecule has 0 aliphatic carbocycles. The lowest BCUT2D eigenvalue weighted by molar-refractivity contribution is -0.136. The van der Waals surface area contributed by atoms with Gasteiger partial charge in [-0.3, -0.25) is 14.5 Å². The van der Waals surface area contributed by atoms with Gasteiger partial charge in [-0.25, -0.2) is 0 Å². The Balaban J connectivity index is 1.93. The predicted octanol–water partition coefficient (Wildman–Crippen LogP) is 6.19. The lowest BCUT2D eigenvalue weighted by Crippen LogP contribution is -2.32. The molecule has 0 spiro atoms. The number of carbonyl (C=O) groups excluding carboxylic acids is 2. The molecule has 158 valence electrons. The van der Waals surface area contributed by atoms with Gasteiger partial charge in [0.2, 0.25) is 0 Å². The molecular formula is C24H26ClNO3S. The normalized spacial score (nSPS) is 14.0. The minimum atomic E-state index is -0.227. The highest BCUT2D eigenvalue weighted by Crippen LogP contribution is 2.40. The zero-order valence-electron chi connectivity index (χ0n) is 17.3. The van der Waals surface area contributed by atoms with Crippen LogP contribution in [0.1, 0.15) is 45.1 Å². The van der Waals surface area contributed by atoms with Crippen molar-refractivity contribution in [2.75, 3.05) is 13.2 Å². The maximum atomic E-state index is 13.2. The second-order valence-corrected chi connectivity index (χ2v) is 8.62. The number of nitrogens with zero attached hydrogens (tertiary/aromatic N) is 1. The zero-order valence-corrected chi connectivity index (χ0v) is 18.9. The SMILES string of the molecule is CCCCCN1C(=O)C(Sc2ccc(Cl)cc2)=C(c2ccc(OCCC)cc2)C1=O. The van der Waals surface area contributed by atoms with E-state index in [4.69, 9.17) is 16.3 Å². The topological polar surface area (TPSA) is 46.6 Å². The summed E-state index contributed by atoms with van der Waals surface area (Å²) in [6.07, 6.45) is 3.75. The third-order valence-electron chi connectivity index (χ3n) is 4.76. The summed E-state index contributed by atoms with van der Waals surface area (Å²) in [5, 5.41) is 0.631. The summed E-state index contributed by atoms with van der Waals surface area (Å²) in [6, 6.07) is 14.7. The number of hydrogen-bond donors (Lipinski definition) is 0. The van der Waals surface area contributed by atoms with Crippen molar-refractivity contribution in [3.63, 3.8) is 0 Å². The van der Waals surface area contributed by atoms with E-state index in [1.54, 1.807) is 12.1 Å². The minimum Gasteiger partial charge on any atom is -0.494 e. The second kappa shape index (κ2) is 10.7. The van der Waals surface area contributed by atoms with Crippen molar-refractivity contribution in [1.29, 1.82) is 0 Å². The molecule has 1 aliphatic rings. The van der Waals surface area contributed by atoms with Gasteiger partial charge in [0.15, 0.2) is 0 Å². The fourth-order valence-corrected chi connectivity index (χ4v) is 4.32. The maximum absolute atomic E-state index is 13.2. The number of thioether (sulfide) groups is 1. The first-order valence-corrected chi connectivity index (χ1v) is 11.5. The summed E-state index contributed by atoms with van der Waals surface area (Å²) < 4.78 is 5.64. The first-order chi connectivity index (χ1) is 14.5. The van der Waals surface area contributed by atoms with Crippen LogP contribution in [0, 0.1) is 0 Å². The number of hydrogen-bond acceptors (Lipinski definition) is 4.